The van der Waals surface area contributed by atoms with Crippen LogP contribution in [0.3, 0.4) is 0 Å². The Morgan fingerprint density at radius 1 is 0.527 bits per heavy atom. The highest BCUT2D eigenvalue weighted by molar-refractivity contribution is 5.72. The molecular weight excluding hydrogens is 811 g/mol. The van der Waals surface area contributed by atoms with Gasteiger partial charge in [-0.1, -0.05) is 55.4 Å². The smallest absolute Gasteiger partial charge is 0.434 e. The number of halogens is 17. The normalized spacial score (nSPS) is 14.7. The number of aliphatic carboxylic acids is 1. The lowest BCUT2D eigenvalue weighted by atomic mass is 10.1. The summed E-state index contributed by atoms with van der Waals surface area (Å²) in [5, 5.41) is 8.18. The zero-order valence-corrected chi connectivity index (χ0v) is 30.4. The third kappa shape index (κ3) is 22.7. The minimum atomic E-state index is -6.36. The Morgan fingerprint density at radius 3 is 1.07 bits per heavy atom. The van der Waals surface area contributed by atoms with Crippen LogP contribution >= 0.6 is 0 Å². The molecule has 0 aliphatic heterocycles. The van der Waals surface area contributed by atoms with Crippen molar-refractivity contribution in [2.75, 3.05) is 13.2 Å². The quantitative estimate of drug-likeness (QED) is 0.0984. The Hall–Kier alpha value is -3.31. The Morgan fingerprint density at radius 2 is 0.836 bits per heavy atom. The van der Waals surface area contributed by atoms with Crippen molar-refractivity contribution in [3.8, 4) is 0 Å². The van der Waals surface area contributed by atoms with Crippen molar-refractivity contribution in [3.05, 3.63) is 0 Å². The topological polar surface area (TPSA) is 116 Å². The fourth-order valence-electron chi connectivity index (χ4n) is 2.30. The number of alkyl halides is 17. The van der Waals surface area contributed by atoms with Crippen LogP contribution in [0, 0.1) is 23.7 Å². The Kier molecular flexibility index (Phi) is 25.9. The second-order valence-electron chi connectivity index (χ2n) is 11.5. The minimum absolute atomic E-state index is 0.0985. The molecule has 0 fully saturated rings. The van der Waals surface area contributed by atoms with Gasteiger partial charge in [-0.15, -0.1) is 0 Å². The number of carbonyl (C=O) groups excluding carboxylic acids is 3. The van der Waals surface area contributed by atoms with Crippen LogP contribution in [0.4, 0.5) is 74.6 Å². The van der Waals surface area contributed by atoms with Gasteiger partial charge in [0.15, 0.2) is 13.2 Å². The van der Waals surface area contributed by atoms with Crippen molar-refractivity contribution in [3.63, 3.8) is 0 Å². The molecule has 0 spiro atoms. The van der Waals surface area contributed by atoms with Crippen LogP contribution in [-0.2, 0) is 33.4 Å². The van der Waals surface area contributed by atoms with Crippen LogP contribution < -0.4 is 0 Å². The Bertz CT molecular complexity index is 1130. The second-order valence-corrected chi connectivity index (χ2v) is 11.5. The van der Waals surface area contributed by atoms with Crippen molar-refractivity contribution >= 4 is 23.9 Å². The molecule has 0 aliphatic rings. The first-order valence-electron chi connectivity index (χ1n) is 15.7. The molecule has 0 saturated heterocycles. The highest BCUT2D eigenvalue weighted by atomic mass is 19.4. The fraction of sp³-hybridized carbons (Fsp3) is 0.867. The fourth-order valence-corrected chi connectivity index (χ4v) is 2.30. The van der Waals surface area contributed by atoms with Gasteiger partial charge >= 0.3 is 66.6 Å². The summed E-state index contributed by atoms with van der Waals surface area (Å²) in [7, 11) is 0. The molecule has 0 amide bonds. The molecule has 4 unspecified atom stereocenters. The van der Waals surface area contributed by atoms with Crippen molar-refractivity contribution in [2.45, 2.75) is 130 Å². The van der Waals surface area contributed by atoms with E-state index >= 15 is 0 Å². The lowest BCUT2D eigenvalue weighted by Gasteiger charge is -2.31. The van der Waals surface area contributed by atoms with Gasteiger partial charge in [-0.05, 0) is 25.7 Å². The summed E-state index contributed by atoms with van der Waals surface area (Å²) < 4.78 is 217. The molecular formula is C30H43F17O8. The first-order chi connectivity index (χ1) is 24.4. The first-order valence-corrected chi connectivity index (χ1v) is 15.7. The number of carbonyl (C=O) groups is 4. The molecule has 0 saturated carbocycles. The van der Waals surface area contributed by atoms with Gasteiger partial charge in [-0.3, -0.25) is 19.2 Å². The first kappa shape index (κ1) is 58.4. The zero-order valence-electron chi connectivity index (χ0n) is 30.4. The lowest BCUT2D eigenvalue weighted by Crippen LogP contribution is -2.59. The summed E-state index contributed by atoms with van der Waals surface area (Å²) in [6.45, 7) is 8.21. The van der Waals surface area contributed by atoms with Crippen LogP contribution in [0.2, 0.25) is 0 Å². The van der Waals surface area contributed by atoms with Gasteiger partial charge in [-0.2, -0.15) is 65.9 Å². The van der Waals surface area contributed by atoms with E-state index in [1.807, 2.05) is 6.92 Å². The maximum Gasteiger partial charge on any atom is 0.434 e. The van der Waals surface area contributed by atoms with Gasteiger partial charge in [0, 0.05) is 0 Å². The Balaban J connectivity index is -0.000000334. The Labute approximate surface area is 304 Å². The van der Waals surface area contributed by atoms with E-state index in [0.29, 0.717) is 6.42 Å². The van der Waals surface area contributed by atoms with E-state index < -0.39 is 104 Å². The number of carboxylic acids is 1. The van der Waals surface area contributed by atoms with Gasteiger partial charge in [0.25, 0.3) is 6.10 Å². The van der Waals surface area contributed by atoms with Gasteiger partial charge < -0.3 is 19.3 Å². The SMILES string of the molecule is CCC(C)C(=O)O.CCC(C)C(=O)OC(C(F)(F)F)C(F)(F)F.CCC(C)C(=O)OCC(F)(F)C(F)(F)C(F)(F)C(F)F.CCC(C)C(=O)OCC(F)(F)F. The summed E-state index contributed by atoms with van der Waals surface area (Å²) in [6, 6.07) is 0. The van der Waals surface area contributed by atoms with E-state index in [2.05, 4.69) is 14.2 Å². The molecule has 0 aliphatic carbocycles. The average molecular weight is 855 g/mol. The molecule has 0 bridgehead atoms. The number of hydrogen-bond acceptors (Lipinski definition) is 7. The molecule has 0 rings (SSSR count). The highest BCUT2D eigenvalue weighted by Crippen LogP contribution is 2.48. The molecule has 8 nitrogen and oxygen atoms in total. The van der Waals surface area contributed by atoms with Gasteiger partial charge in [0.2, 0.25) is 0 Å². The molecule has 0 aromatic heterocycles. The number of hydrogen-bond donors (Lipinski definition) is 1. The minimum Gasteiger partial charge on any atom is -0.481 e. The highest BCUT2D eigenvalue weighted by Gasteiger charge is 2.75. The predicted molar refractivity (Wildman–Crippen MR) is 156 cm³/mol. The molecule has 330 valence electrons. The van der Waals surface area contributed by atoms with Crippen molar-refractivity contribution < 1.29 is 113 Å². The van der Waals surface area contributed by atoms with E-state index in [0.717, 1.165) is 6.42 Å². The number of esters is 3. The third-order valence-electron chi connectivity index (χ3n) is 6.83. The van der Waals surface area contributed by atoms with Crippen LogP contribution in [-0.4, -0.2) is 91.0 Å². The van der Waals surface area contributed by atoms with Crippen molar-refractivity contribution in [1.82, 2.24) is 0 Å². The van der Waals surface area contributed by atoms with E-state index in [9.17, 15) is 93.8 Å². The zero-order chi connectivity index (χ0) is 45.1. The summed E-state index contributed by atoms with van der Waals surface area (Å²) in [5.41, 5.74) is 0. The monoisotopic (exact) mass is 854 g/mol. The van der Waals surface area contributed by atoms with Crippen LogP contribution in [0.15, 0.2) is 0 Å². The van der Waals surface area contributed by atoms with E-state index in [1.54, 1.807) is 13.8 Å². The molecule has 0 radical (unpaired) electrons. The number of rotatable bonds is 15. The van der Waals surface area contributed by atoms with E-state index in [-0.39, 0.29) is 18.8 Å². The van der Waals surface area contributed by atoms with Crippen molar-refractivity contribution in [1.29, 1.82) is 0 Å². The standard InChI is InChI=1S/C10H12F8O2.C8H10F6O2.C7H11F3O2.C5H10O2/c1-3-5(2)6(19)20-4-8(13,14)10(17,18)9(15,16)7(11)12;1-3-4(2)5(15)16-6(7(9,10)11)8(12,13)14;1-3-5(2)6(11)12-4-7(8,9)10;1-3-4(2)5(6)7/h5,7H,3-4H2,1-2H3;4,6H,3H2,1-2H3;5H,3-4H2,1-2H3;4H,3H2,1-2H3,(H,6,7). The van der Waals surface area contributed by atoms with Crippen LogP contribution in [0.1, 0.15) is 81.1 Å². The predicted octanol–water partition coefficient (Wildman–Crippen LogP) is 10.1. The van der Waals surface area contributed by atoms with E-state index in [4.69, 9.17) is 5.11 Å². The van der Waals surface area contributed by atoms with Gasteiger partial charge in [0.1, 0.15) is 0 Å². The second kappa shape index (κ2) is 24.4. The van der Waals surface area contributed by atoms with Crippen LogP contribution in [0.25, 0.3) is 0 Å². The van der Waals surface area contributed by atoms with Crippen LogP contribution in [0.5, 0.6) is 0 Å². The molecule has 0 heterocycles. The summed E-state index contributed by atoms with van der Waals surface area (Å²) in [5.74, 6) is -25.1. The largest absolute Gasteiger partial charge is 0.481 e. The molecule has 25 heteroatoms. The average Bonchev–Trinajstić information content (AvgIpc) is 3.05. The van der Waals surface area contributed by atoms with Crippen molar-refractivity contribution in [2.24, 2.45) is 23.7 Å². The molecule has 4 atom stereocenters. The van der Waals surface area contributed by atoms with Gasteiger partial charge in [0.05, 0.1) is 23.7 Å². The molecule has 1 N–H and O–H groups in total. The number of carboxylic acid groups (broad SMARTS) is 1. The lowest BCUT2D eigenvalue weighted by molar-refractivity contribution is -0.344. The maximum atomic E-state index is 12.9. The van der Waals surface area contributed by atoms with E-state index in [1.165, 1.54) is 34.6 Å². The summed E-state index contributed by atoms with van der Waals surface area (Å²) >= 11 is 0. The number of ether oxygens (including phenoxy) is 3. The van der Waals surface area contributed by atoms with Gasteiger partial charge in [-0.25, -0.2) is 8.78 Å². The summed E-state index contributed by atoms with van der Waals surface area (Å²) in [4.78, 5) is 42.5. The third-order valence-corrected chi connectivity index (χ3v) is 6.83. The summed E-state index contributed by atoms with van der Waals surface area (Å²) in [6.07, 6.45) is -23.3. The molecule has 55 heavy (non-hydrogen) atoms. The molecule has 0 aromatic carbocycles. The maximum absolute atomic E-state index is 12.9. The molecule has 0 aromatic rings.